The smallest absolute Gasteiger partial charge is 0.326 e. The molecule has 0 bridgehead atoms. The van der Waals surface area contributed by atoms with E-state index in [1.165, 1.54) is 11.8 Å². The van der Waals surface area contributed by atoms with E-state index in [0.29, 0.717) is 0 Å². The molecule has 1 atom stereocenters. The van der Waals surface area contributed by atoms with Crippen LogP contribution in [0.4, 0.5) is 0 Å². The van der Waals surface area contributed by atoms with Gasteiger partial charge >= 0.3 is 5.97 Å². The maximum atomic E-state index is 11.5. The Bertz CT molecular complexity index is 396. The van der Waals surface area contributed by atoms with Crippen molar-refractivity contribution in [1.29, 1.82) is 0 Å². The van der Waals surface area contributed by atoms with Gasteiger partial charge in [-0.1, -0.05) is 18.2 Å². The Morgan fingerprint density at radius 3 is 2.50 bits per heavy atom. The number of benzene rings is 1. The van der Waals surface area contributed by atoms with Crippen LogP contribution in [0.1, 0.15) is 6.42 Å². The third kappa shape index (κ3) is 5.20. The van der Waals surface area contributed by atoms with E-state index in [2.05, 4.69) is 5.32 Å². The number of hydrogen-bond donors (Lipinski definition) is 3. The summed E-state index contributed by atoms with van der Waals surface area (Å²) in [7, 11) is 0. The van der Waals surface area contributed by atoms with E-state index in [9.17, 15) is 9.59 Å². The number of carboxylic acids is 1. The van der Waals surface area contributed by atoms with Gasteiger partial charge in [0.15, 0.2) is 0 Å². The number of carbonyl (C=O) groups is 2. The summed E-state index contributed by atoms with van der Waals surface area (Å²) >= 11 is 1.33. The number of rotatable bonds is 7. The van der Waals surface area contributed by atoms with E-state index >= 15 is 0 Å². The summed E-state index contributed by atoms with van der Waals surface area (Å²) in [6.45, 7) is -0.275. The minimum atomic E-state index is -1.14. The van der Waals surface area contributed by atoms with E-state index in [1.54, 1.807) is 0 Å². The quantitative estimate of drug-likeness (QED) is 0.635. The molecule has 5 nitrogen and oxygen atoms in total. The minimum absolute atomic E-state index is 0.0110. The van der Waals surface area contributed by atoms with Crippen molar-refractivity contribution in [2.45, 2.75) is 17.4 Å². The van der Waals surface area contributed by atoms with Gasteiger partial charge < -0.3 is 15.5 Å². The highest BCUT2D eigenvalue weighted by Gasteiger charge is 2.18. The molecule has 0 saturated carbocycles. The molecular weight excluding hydrogens is 254 g/mol. The number of carbonyl (C=O) groups excluding carboxylic acids is 1. The van der Waals surface area contributed by atoms with Gasteiger partial charge in [0.1, 0.15) is 6.04 Å². The van der Waals surface area contributed by atoms with Gasteiger partial charge in [0.05, 0.1) is 5.75 Å². The fourth-order valence-corrected chi connectivity index (χ4v) is 2.02. The lowest BCUT2D eigenvalue weighted by Gasteiger charge is -2.12. The van der Waals surface area contributed by atoms with Gasteiger partial charge in [-0.05, 0) is 12.1 Å². The van der Waals surface area contributed by atoms with Crippen LogP contribution in [0, 0.1) is 0 Å². The summed E-state index contributed by atoms with van der Waals surface area (Å²) in [5.41, 5.74) is 0. The first-order valence-corrected chi connectivity index (χ1v) is 6.43. The molecule has 1 amide bonds. The molecule has 1 aromatic carbocycles. The Hall–Kier alpha value is -1.53. The lowest BCUT2D eigenvalue weighted by Crippen LogP contribution is -2.42. The highest BCUT2D eigenvalue weighted by molar-refractivity contribution is 8.00. The Morgan fingerprint density at radius 1 is 1.28 bits per heavy atom. The van der Waals surface area contributed by atoms with Crippen molar-refractivity contribution in [2.75, 3.05) is 12.4 Å². The first kappa shape index (κ1) is 14.5. The lowest BCUT2D eigenvalue weighted by atomic mass is 10.2. The molecule has 0 fully saturated rings. The van der Waals surface area contributed by atoms with Crippen molar-refractivity contribution in [3.8, 4) is 0 Å². The van der Waals surface area contributed by atoms with Crippen LogP contribution in [0.25, 0.3) is 0 Å². The van der Waals surface area contributed by atoms with Crippen molar-refractivity contribution < 1.29 is 19.8 Å². The fraction of sp³-hybridized carbons (Fsp3) is 0.333. The summed E-state index contributed by atoms with van der Waals surface area (Å²) in [4.78, 5) is 23.2. The van der Waals surface area contributed by atoms with Gasteiger partial charge in [0, 0.05) is 17.9 Å². The lowest BCUT2D eigenvalue weighted by molar-refractivity contribution is -0.141. The molecule has 3 N–H and O–H groups in total. The molecular formula is C12H15NO4S. The van der Waals surface area contributed by atoms with E-state index in [-0.39, 0.29) is 24.7 Å². The Labute approximate surface area is 109 Å². The van der Waals surface area contributed by atoms with Crippen molar-refractivity contribution in [3.63, 3.8) is 0 Å². The van der Waals surface area contributed by atoms with E-state index < -0.39 is 12.0 Å². The molecule has 98 valence electrons. The minimum Gasteiger partial charge on any atom is -0.480 e. The van der Waals surface area contributed by atoms with Gasteiger partial charge in [-0.2, -0.15) is 0 Å². The molecule has 0 radical (unpaired) electrons. The average molecular weight is 269 g/mol. The van der Waals surface area contributed by atoms with Crippen molar-refractivity contribution in [2.24, 2.45) is 0 Å². The maximum absolute atomic E-state index is 11.5. The zero-order valence-corrected chi connectivity index (χ0v) is 10.5. The molecule has 1 rings (SSSR count). The molecule has 0 aliphatic rings. The van der Waals surface area contributed by atoms with Gasteiger partial charge in [-0.25, -0.2) is 4.79 Å². The van der Waals surface area contributed by atoms with Crippen LogP contribution in [0.3, 0.4) is 0 Å². The standard InChI is InChI=1S/C12H15NO4S/c14-7-6-10(12(16)17)13-11(15)8-18-9-4-2-1-3-5-9/h1-5,10,14H,6-8H2,(H,13,15)(H,16,17)/t10-/m1/s1. The molecule has 1 aromatic rings. The number of aliphatic carboxylic acids is 1. The number of nitrogens with one attached hydrogen (secondary N) is 1. The highest BCUT2D eigenvalue weighted by atomic mass is 32.2. The van der Waals surface area contributed by atoms with Crippen molar-refractivity contribution in [1.82, 2.24) is 5.32 Å². The summed E-state index contributed by atoms with van der Waals surface area (Å²) < 4.78 is 0. The second kappa shape index (κ2) is 7.73. The second-order valence-electron chi connectivity index (χ2n) is 3.57. The number of amides is 1. The molecule has 0 unspecified atom stereocenters. The van der Waals surface area contributed by atoms with Crippen LogP contribution in [0.5, 0.6) is 0 Å². The van der Waals surface area contributed by atoms with E-state index in [4.69, 9.17) is 10.2 Å². The molecule has 18 heavy (non-hydrogen) atoms. The van der Waals surface area contributed by atoms with Crippen LogP contribution in [0.2, 0.25) is 0 Å². The van der Waals surface area contributed by atoms with Crippen LogP contribution >= 0.6 is 11.8 Å². The Balaban J connectivity index is 2.39. The number of hydrogen-bond acceptors (Lipinski definition) is 4. The summed E-state index contributed by atoms with van der Waals surface area (Å²) in [6.07, 6.45) is 0.0110. The predicted octanol–water partition coefficient (Wildman–Crippen LogP) is 0.731. The number of aliphatic hydroxyl groups excluding tert-OH is 1. The molecule has 0 aromatic heterocycles. The third-order valence-corrected chi connectivity index (χ3v) is 3.18. The monoisotopic (exact) mass is 269 g/mol. The highest BCUT2D eigenvalue weighted by Crippen LogP contribution is 2.16. The first-order valence-electron chi connectivity index (χ1n) is 5.44. The average Bonchev–Trinajstić information content (AvgIpc) is 2.37. The third-order valence-electron chi connectivity index (χ3n) is 2.16. The maximum Gasteiger partial charge on any atom is 0.326 e. The molecule has 0 saturated heterocycles. The van der Waals surface area contributed by atoms with Gasteiger partial charge in [-0.15, -0.1) is 11.8 Å². The summed E-state index contributed by atoms with van der Waals surface area (Å²) in [6, 6.07) is 8.34. The predicted molar refractivity (Wildman–Crippen MR) is 68.4 cm³/mol. The topological polar surface area (TPSA) is 86.6 Å². The number of aliphatic hydroxyl groups is 1. The van der Waals surface area contributed by atoms with Gasteiger partial charge in [0.25, 0.3) is 0 Å². The van der Waals surface area contributed by atoms with E-state index in [0.717, 1.165) is 4.90 Å². The normalized spacial score (nSPS) is 11.8. The van der Waals surface area contributed by atoms with E-state index in [1.807, 2.05) is 30.3 Å². The molecule has 0 heterocycles. The molecule has 0 spiro atoms. The van der Waals surface area contributed by atoms with Gasteiger partial charge in [0.2, 0.25) is 5.91 Å². The largest absolute Gasteiger partial charge is 0.480 e. The summed E-state index contributed by atoms with van der Waals surface area (Å²) in [5.74, 6) is -1.34. The molecule has 6 heteroatoms. The van der Waals surface area contributed by atoms with Gasteiger partial charge in [-0.3, -0.25) is 4.79 Å². The number of carboxylic acid groups (broad SMARTS) is 1. The van der Waals surface area contributed by atoms with Crippen molar-refractivity contribution >= 4 is 23.6 Å². The second-order valence-corrected chi connectivity index (χ2v) is 4.62. The first-order chi connectivity index (χ1) is 8.63. The Morgan fingerprint density at radius 2 is 1.94 bits per heavy atom. The zero-order valence-electron chi connectivity index (χ0n) is 9.70. The van der Waals surface area contributed by atoms with Crippen LogP contribution in [-0.4, -0.2) is 40.5 Å². The van der Waals surface area contributed by atoms with Crippen molar-refractivity contribution in [3.05, 3.63) is 30.3 Å². The summed E-state index contributed by atoms with van der Waals surface area (Å²) in [5, 5.41) is 19.9. The van der Waals surface area contributed by atoms with Crippen LogP contribution in [0.15, 0.2) is 35.2 Å². The molecule has 0 aliphatic heterocycles. The zero-order chi connectivity index (χ0) is 13.4. The fourth-order valence-electron chi connectivity index (χ4n) is 1.29. The van der Waals surface area contributed by atoms with Crippen LogP contribution in [-0.2, 0) is 9.59 Å². The Kier molecular flexibility index (Phi) is 6.24. The molecule has 0 aliphatic carbocycles. The SMILES string of the molecule is O=C(CSc1ccccc1)N[C@H](CCO)C(=O)O. The number of thioether (sulfide) groups is 1. The van der Waals surface area contributed by atoms with Crippen LogP contribution < -0.4 is 5.32 Å².